The maximum absolute atomic E-state index is 12.6. The molecule has 0 aromatic heterocycles. The summed E-state index contributed by atoms with van der Waals surface area (Å²) < 4.78 is 0. The molecule has 0 rings (SSSR count). The van der Waals surface area contributed by atoms with Gasteiger partial charge >= 0.3 is 0 Å². The molecule has 2 amide bonds. The highest BCUT2D eigenvalue weighted by molar-refractivity contribution is 5.77. The Kier molecular flexibility index (Phi) is 24.3. The minimum Gasteiger partial charge on any atom is -0.341 e. The van der Waals surface area contributed by atoms with Crippen molar-refractivity contribution in [1.82, 2.24) is 9.80 Å². The number of hydrogen-bond acceptors (Lipinski definition) is 2. The molecular formula is C30H60N2O2. The van der Waals surface area contributed by atoms with Crippen LogP contribution in [-0.2, 0) is 9.59 Å². The Morgan fingerprint density at radius 2 is 0.676 bits per heavy atom. The van der Waals surface area contributed by atoms with E-state index in [0.717, 1.165) is 38.8 Å². The number of rotatable bonds is 25. The lowest BCUT2D eigenvalue weighted by Crippen LogP contribution is -2.40. The zero-order chi connectivity index (χ0) is 25.3. The van der Waals surface area contributed by atoms with Gasteiger partial charge in [0.1, 0.15) is 0 Å². The van der Waals surface area contributed by atoms with Gasteiger partial charge < -0.3 is 9.80 Å². The van der Waals surface area contributed by atoms with Crippen LogP contribution < -0.4 is 0 Å². The average Bonchev–Trinajstić information content (AvgIpc) is 2.84. The van der Waals surface area contributed by atoms with Crippen molar-refractivity contribution in [3.8, 4) is 0 Å². The van der Waals surface area contributed by atoms with Gasteiger partial charge in [-0.15, -0.1) is 0 Å². The Labute approximate surface area is 213 Å². The van der Waals surface area contributed by atoms with E-state index < -0.39 is 0 Å². The van der Waals surface area contributed by atoms with Gasteiger partial charge in [0.25, 0.3) is 0 Å². The van der Waals surface area contributed by atoms with E-state index in [4.69, 9.17) is 0 Å². The predicted molar refractivity (Wildman–Crippen MR) is 148 cm³/mol. The first-order valence-corrected chi connectivity index (χ1v) is 15.2. The van der Waals surface area contributed by atoms with Crippen molar-refractivity contribution in [3.63, 3.8) is 0 Å². The van der Waals surface area contributed by atoms with Crippen molar-refractivity contribution in [2.75, 3.05) is 26.2 Å². The molecule has 34 heavy (non-hydrogen) atoms. The van der Waals surface area contributed by atoms with Crippen molar-refractivity contribution >= 4 is 11.8 Å². The Balaban J connectivity index is 3.92. The molecule has 0 heterocycles. The monoisotopic (exact) mass is 480 g/mol. The summed E-state index contributed by atoms with van der Waals surface area (Å²) in [6.07, 6.45) is 24.2. The van der Waals surface area contributed by atoms with Gasteiger partial charge in [-0.05, 0) is 26.7 Å². The molecule has 0 aromatic carbocycles. The summed E-state index contributed by atoms with van der Waals surface area (Å²) in [7, 11) is 0. The van der Waals surface area contributed by atoms with Crippen molar-refractivity contribution in [2.24, 2.45) is 0 Å². The Hall–Kier alpha value is -1.06. The first kappa shape index (κ1) is 32.9. The van der Waals surface area contributed by atoms with Crippen LogP contribution in [0.25, 0.3) is 0 Å². The second-order valence-electron chi connectivity index (χ2n) is 10.1. The largest absolute Gasteiger partial charge is 0.341 e. The van der Waals surface area contributed by atoms with Crippen LogP contribution in [0.5, 0.6) is 0 Å². The van der Waals surface area contributed by atoms with Crippen molar-refractivity contribution < 1.29 is 9.59 Å². The first-order valence-electron chi connectivity index (χ1n) is 15.2. The molecule has 0 aromatic rings. The molecule has 0 fully saturated rings. The molecule has 202 valence electrons. The van der Waals surface area contributed by atoms with Gasteiger partial charge in [0.2, 0.25) is 11.8 Å². The second-order valence-corrected chi connectivity index (χ2v) is 10.1. The minimum absolute atomic E-state index is 0.257. The molecule has 0 atom stereocenters. The quantitative estimate of drug-likeness (QED) is 0.123. The molecule has 0 saturated heterocycles. The maximum atomic E-state index is 12.6. The Morgan fingerprint density at radius 3 is 0.941 bits per heavy atom. The summed E-state index contributed by atoms with van der Waals surface area (Å²) in [5, 5.41) is 0. The lowest BCUT2D eigenvalue weighted by atomic mass is 10.1. The van der Waals surface area contributed by atoms with Crippen LogP contribution in [0.4, 0.5) is 0 Å². The Bertz CT molecular complexity index is 425. The number of amides is 2. The van der Waals surface area contributed by atoms with Crippen LogP contribution in [0.15, 0.2) is 0 Å². The van der Waals surface area contributed by atoms with E-state index in [2.05, 4.69) is 27.7 Å². The fourth-order valence-electron chi connectivity index (χ4n) is 4.65. The third kappa shape index (κ3) is 19.3. The SMILES string of the molecule is CCCCCCCCCCCC(=O)N(CC)CCN(CC)C(=O)CCCCCCCCCCC. The maximum Gasteiger partial charge on any atom is 0.222 e. The van der Waals surface area contributed by atoms with E-state index in [0.29, 0.717) is 25.9 Å². The van der Waals surface area contributed by atoms with Gasteiger partial charge in [-0.25, -0.2) is 0 Å². The number of carbonyl (C=O) groups is 2. The number of carbonyl (C=O) groups excluding carboxylic acids is 2. The van der Waals surface area contributed by atoms with Crippen molar-refractivity contribution in [2.45, 2.75) is 156 Å². The molecule has 4 heteroatoms. The van der Waals surface area contributed by atoms with Gasteiger partial charge in [0, 0.05) is 39.0 Å². The van der Waals surface area contributed by atoms with Crippen LogP contribution in [0, 0.1) is 0 Å². The smallest absolute Gasteiger partial charge is 0.222 e. The van der Waals surface area contributed by atoms with E-state index in [-0.39, 0.29) is 11.8 Å². The van der Waals surface area contributed by atoms with Crippen LogP contribution in [0.3, 0.4) is 0 Å². The van der Waals surface area contributed by atoms with Crippen LogP contribution in [0.2, 0.25) is 0 Å². The van der Waals surface area contributed by atoms with Crippen LogP contribution in [0.1, 0.15) is 156 Å². The summed E-state index contributed by atoms with van der Waals surface area (Å²) >= 11 is 0. The molecule has 4 nitrogen and oxygen atoms in total. The molecular weight excluding hydrogens is 420 g/mol. The lowest BCUT2D eigenvalue weighted by molar-refractivity contribution is -0.135. The molecule has 0 N–H and O–H groups in total. The topological polar surface area (TPSA) is 40.6 Å². The standard InChI is InChI=1S/C30H60N2O2/c1-5-9-11-13-15-17-19-21-23-25-29(33)31(7-3)27-28-32(8-4)30(34)26-24-22-20-18-16-14-12-10-6-2/h5-28H2,1-4H3. The first-order chi connectivity index (χ1) is 16.6. The predicted octanol–water partition coefficient (Wildman–Crippen LogP) is 8.53. The van der Waals surface area contributed by atoms with Gasteiger partial charge in [-0.1, -0.05) is 117 Å². The van der Waals surface area contributed by atoms with E-state index >= 15 is 0 Å². The average molecular weight is 481 g/mol. The van der Waals surface area contributed by atoms with E-state index in [1.807, 2.05) is 9.80 Å². The lowest BCUT2D eigenvalue weighted by Gasteiger charge is -2.26. The van der Waals surface area contributed by atoms with Crippen molar-refractivity contribution in [1.29, 1.82) is 0 Å². The summed E-state index contributed by atoms with van der Waals surface area (Å²) in [6, 6.07) is 0. The summed E-state index contributed by atoms with van der Waals surface area (Å²) in [4.78, 5) is 29.1. The highest BCUT2D eigenvalue weighted by atomic mass is 16.2. The molecule has 0 aliphatic carbocycles. The zero-order valence-corrected chi connectivity index (χ0v) is 23.7. The fraction of sp³-hybridized carbons (Fsp3) is 0.933. The summed E-state index contributed by atoms with van der Waals surface area (Å²) in [6.45, 7) is 11.4. The van der Waals surface area contributed by atoms with Crippen LogP contribution in [-0.4, -0.2) is 47.8 Å². The fourth-order valence-corrected chi connectivity index (χ4v) is 4.65. The minimum atomic E-state index is 0.257. The molecule has 0 radical (unpaired) electrons. The van der Waals surface area contributed by atoms with Crippen molar-refractivity contribution in [3.05, 3.63) is 0 Å². The number of nitrogens with zero attached hydrogens (tertiary/aromatic N) is 2. The van der Waals surface area contributed by atoms with Crippen LogP contribution >= 0.6 is 0 Å². The molecule has 0 spiro atoms. The van der Waals surface area contributed by atoms with Gasteiger partial charge in [-0.3, -0.25) is 9.59 Å². The van der Waals surface area contributed by atoms with Gasteiger partial charge in [0.15, 0.2) is 0 Å². The highest BCUT2D eigenvalue weighted by Gasteiger charge is 2.15. The number of hydrogen-bond donors (Lipinski definition) is 0. The van der Waals surface area contributed by atoms with E-state index in [1.54, 1.807) is 0 Å². The normalized spacial score (nSPS) is 11.1. The number of likely N-dealkylation sites (N-methyl/N-ethyl adjacent to an activating group) is 2. The third-order valence-corrected chi connectivity index (χ3v) is 7.10. The molecule has 0 saturated carbocycles. The highest BCUT2D eigenvalue weighted by Crippen LogP contribution is 2.13. The van der Waals surface area contributed by atoms with Gasteiger partial charge in [0.05, 0.1) is 0 Å². The number of unbranched alkanes of at least 4 members (excludes halogenated alkanes) is 16. The molecule has 0 aliphatic heterocycles. The summed E-state index contributed by atoms with van der Waals surface area (Å²) in [5.41, 5.74) is 0. The molecule has 0 unspecified atom stereocenters. The zero-order valence-electron chi connectivity index (χ0n) is 23.7. The van der Waals surface area contributed by atoms with E-state index in [9.17, 15) is 9.59 Å². The van der Waals surface area contributed by atoms with Gasteiger partial charge in [-0.2, -0.15) is 0 Å². The molecule has 0 aliphatic rings. The second kappa shape index (κ2) is 25.0. The molecule has 0 bridgehead atoms. The third-order valence-electron chi connectivity index (χ3n) is 7.10. The van der Waals surface area contributed by atoms with E-state index in [1.165, 1.54) is 89.9 Å². The summed E-state index contributed by atoms with van der Waals surface area (Å²) in [5.74, 6) is 0.515. The Morgan fingerprint density at radius 1 is 0.412 bits per heavy atom.